The van der Waals surface area contributed by atoms with Gasteiger partial charge in [-0.1, -0.05) is 58.3 Å². The van der Waals surface area contributed by atoms with Crippen molar-refractivity contribution in [2.75, 3.05) is 7.11 Å². The van der Waals surface area contributed by atoms with Crippen LogP contribution in [0.1, 0.15) is 104 Å². The number of unbranched alkanes of at least 4 members (excludes halogenated alkanes) is 8. The summed E-state index contributed by atoms with van der Waals surface area (Å²) < 4.78 is 29.9. The van der Waals surface area contributed by atoms with Crippen LogP contribution in [0.3, 0.4) is 0 Å². The highest BCUT2D eigenvalue weighted by Gasteiger charge is 2.54. The highest BCUT2D eigenvalue weighted by atomic mass is 16.7. The van der Waals surface area contributed by atoms with Crippen LogP contribution in [0.5, 0.6) is 0 Å². The van der Waals surface area contributed by atoms with E-state index in [4.69, 9.17) is 29.4 Å². The summed E-state index contributed by atoms with van der Waals surface area (Å²) >= 11 is 0. The molecule has 54 heavy (non-hydrogen) atoms. The molecule has 0 saturated carbocycles. The third-order valence-electron chi connectivity index (χ3n) is 9.79. The van der Waals surface area contributed by atoms with Crippen LogP contribution in [0.15, 0.2) is 33.7 Å². The maximum Gasteiger partial charge on any atom is 0.330 e. The molecule has 3 aliphatic rings. The first-order valence-electron chi connectivity index (χ1n) is 18.8. The van der Waals surface area contributed by atoms with E-state index in [0.717, 1.165) is 55.0 Å². The smallest absolute Gasteiger partial charge is 0.330 e. The van der Waals surface area contributed by atoms with Crippen LogP contribution in [0.25, 0.3) is 0 Å². The van der Waals surface area contributed by atoms with Gasteiger partial charge in [0.15, 0.2) is 24.2 Å². The standard InChI is InChI=1S/C36H55N5O13/c1-4-5-6-7-8-9-10-11-12-16-25(44)52-30-27(50-3)28(53-34(30)41-18-17-24(43)40-36(41)49)29(31(37)46)54-35-26(45)22(42)19-23(51-35)33(48)39-21-15-13-14-20(2)38-32(21)47/h17-22,26-30,34-35,42,45H,4-16H2,1-3H3,(H2,37,46)(H,38,47)(H,39,48)(H,40,43,49)/t20-,21+,22-,26-,27-,28+,29-,30-,34-,35+/m1/s1. The number of aromatic amines is 1. The molecule has 18 nitrogen and oxygen atoms in total. The third kappa shape index (κ3) is 11.5. The number of rotatable bonds is 19. The number of nitrogens with two attached hydrogens (primary N) is 1. The normalized spacial score (nSPS) is 28.9. The summed E-state index contributed by atoms with van der Waals surface area (Å²) in [5.41, 5.74) is 4.14. The molecule has 0 aliphatic carbocycles. The largest absolute Gasteiger partial charge is 0.456 e. The number of methoxy groups -OCH3 is 1. The van der Waals surface area contributed by atoms with Crippen LogP contribution >= 0.6 is 0 Å². The molecule has 3 amide bonds. The van der Waals surface area contributed by atoms with Crippen molar-refractivity contribution in [2.24, 2.45) is 5.73 Å². The van der Waals surface area contributed by atoms with Crippen LogP contribution < -0.4 is 27.6 Å². The Morgan fingerprint density at radius 1 is 1.04 bits per heavy atom. The van der Waals surface area contributed by atoms with Gasteiger partial charge in [0.1, 0.15) is 30.5 Å². The molecule has 302 valence electrons. The number of primary amides is 1. The number of aliphatic hydroxyl groups excluding tert-OH is 2. The van der Waals surface area contributed by atoms with Gasteiger partial charge in [-0.05, 0) is 38.7 Å². The van der Waals surface area contributed by atoms with Crippen molar-refractivity contribution in [3.63, 3.8) is 0 Å². The number of nitrogens with one attached hydrogen (secondary N) is 3. The van der Waals surface area contributed by atoms with E-state index >= 15 is 0 Å². The lowest BCUT2D eigenvalue weighted by atomic mass is 10.0. The van der Waals surface area contributed by atoms with E-state index in [1.807, 2.05) is 6.92 Å². The van der Waals surface area contributed by atoms with Crippen molar-refractivity contribution in [1.82, 2.24) is 20.2 Å². The first-order chi connectivity index (χ1) is 25.8. The quantitative estimate of drug-likeness (QED) is 0.0819. The molecule has 0 bridgehead atoms. The Morgan fingerprint density at radius 2 is 1.72 bits per heavy atom. The molecule has 4 heterocycles. The number of carbonyl (C=O) groups excluding carboxylic acids is 4. The second kappa shape index (κ2) is 20.5. The second-order valence-electron chi connectivity index (χ2n) is 14.1. The van der Waals surface area contributed by atoms with Gasteiger partial charge in [-0.2, -0.15) is 0 Å². The lowest BCUT2D eigenvalue weighted by molar-refractivity contribution is -0.241. The first kappa shape index (κ1) is 42.6. The van der Waals surface area contributed by atoms with Crippen LogP contribution in [0.2, 0.25) is 0 Å². The Kier molecular flexibility index (Phi) is 16.2. The number of amides is 3. The Bertz CT molecular complexity index is 1580. The van der Waals surface area contributed by atoms with Gasteiger partial charge in [0.05, 0.1) is 0 Å². The molecule has 0 radical (unpaired) electrons. The van der Waals surface area contributed by atoms with E-state index < -0.39 is 95.9 Å². The molecule has 0 aromatic carbocycles. The number of aliphatic hydroxyl groups is 2. The van der Waals surface area contributed by atoms with Gasteiger partial charge < -0.3 is 50.3 Å². The number of aromatic nitrogens is 2. The fourth-order valence-electron chi connectivity index (χ4n) is 6.82. The van der Waals surface area contributed by atoms with Crippen LogP contribution in [-0.4, -0.2) is 106 Å². The van der Waals surface area contributed by atoms with Crippen molar-refractivity contribution in [3.8, 4) is 0 Å². The number of carbonyl (C=O) groups is 4. The van der Waals surface area contributed by atoms with Crippen LogP contribution in [-0.2, 0) is 42.9 Å². The zero-order valence-corrected chi connectivity index (χ0v) is 31.1. The minimum atomic E-state index is -1.88. The zero-order valence-electron chi connectivity index (χ0n) is 31.1. The van der Waals surface area contributed by atoms with Crippen molar-refractivity contribution in [3.05, 3.63) is 44.9 Å². The predicted octanol–water partition coefficient (Wildman–Crippen LogP) is 0.288. The fraction of sp³-hybridized carbons (Fsp3) is 0.722. The predicted molar refractivity (Wildman–Crippen MR) is 190 cm³/mol. The molecule has 4 rings (SSSR count). The molecule has 18 heteroatoms. The monoisotopic (exact) mass is 765 g/mol. The fourth-order valence-corrected chi connectivity index (χ4v) is 6.82. The molecule has 1 aromatic heterocycles. The summed E-state index contributed by atoms with van der Waals surface area (Å²) in [5.74, 6) is -3.56. The van der Waals surface area contributed by atoms with E-state index in [2.05, 4.69) is 22.5 Å². The number of ether oxygens (including phenoxy) is 5. The highest BCUT2D eigenvalue weighted by Crippen LogP contribution is 2.36. The summed E-state index contributed by atoms with van der Waals surface area (Å²) in [6.45, 7) is 4.01. The first-order valence-corrected chi connectivity index (χ1v) is 18.8. The number of nitrogens with zero attached hydrogens (tertiary/aromatic N) is 1. The zero-order chi connectivity index (χ0) is 39.4. The van der Waals surface area contributed by atoms with Gasteiger partial charge in [-0.25, -0.2) is 4.79 Å². The molecule has 3 aliphatic heterocycles. The molecule has 2 fully saturated rings. The molecule has 0 spiro atoms. The van der Waals surface area contributed by atoms with Gasteiger partial charge in [0.25, 0.3) is 11.5 Å². The van der Waals surface area contributed by atoms with Gasteiger partial charge in [-0.15, -0.1) is 0 Å². The Hall–Kier alpha value is -4.10. The Morgan fingerprint density at radius 3 is 2.37 bits per heavy atom. The van der Waals surface area contributed by atoms with E-state index in [1.165, 1.54) is 32.8 Å². The number of hydrogen-bond acceptors (Lipinski definition) is 13. The molecule has 1 aromatic rings. The van der Waals surface area contributed by atoms with Gasteiger partial charge in [0, 0.05) is 31.8 Å². The summed E-state index contributed by atoms with van der Waals surface area (Å²) in [5, 5.41) is 26.8. The average molecular weight is 766 g/mol. The van der Waals surface area contributed by atoms with Gasteiger partial charge in [0.2, 0.25) is 18.1 Å². The molecular formula is C36H55N5O13. The summed E-state index contributed by atoms with van der Waals surface area (Å²) in [7, 11) is 1.24. The SMILES string of the molecule is CCCCCCCCCCCC(=O)O[C@@H]1[C@H](OC)[C@@H]([C@@H](O[C@@H]2OC(C(=O)N[C@H]3CCC[C@@H](C)NC3=O)=C[C@@H](O)[C@H]2O)C(N)=O)O[C@H]1n1ccc(=O)[nH]c1=O. The molecular weight excluding hydrogens is 710 g/mol. The second-order valence-corrected chi connectivity index (χ2v) is 14.1. The van der Waals surface area contributed by atoms with Crippen molar-refractivity contribution in [2.45, 2.75) is 159 Å². The van der Waals surface area contributed by atoms with E-state index in [1.54, 1.807) is 0 Å². The minimum absolute atomic E-state index is 0.0507. The highest BCUT2D eigenvalue weighted by molar-refractivity contribution is 5.95. The van der Waals surface area contributed by atoms with E-state index in [0.29, 0.717) is 19.3 Å². The number of esters is 1. The van der Waals surface area contributed by atoms with Crippen LogP contribution in [0.4, 0.5) is 0 Å². The topological polar surface area (TPSA) is 260 Å². The Balaban J connectivity index is 1.48. The Labute approximate surface area is 313 Å². The lowest BCUT2D eigenvalue weighted by Crippen LogP contribution is -2.54. The molecule has 10 atom stereocenters. The summed E-state index contributed by atoms with van der Waals surface area (Å²) in [4.78, 5) is 78.7. The maximum absolute atomic E-state index is 13.2. The maximum atomic E-state index is 13.2. The molecule has 7 N–H and O–H groups in total. The van der Waals surface area contributed by atoms with E-state index in [-0.39, 0.29) is 12.5 Å². The van der Waals surface area contributed by atoms with Gasteiger partial charge in [-0.3, -0.25) is 33.5 Å². The minimum Gasteiger partial charge on any atom is -0.456 e. The van der Waals surface area contributed by atoms with Gasteiger partial charge >= 0.3 is 11.7 Å². The molecule has 2 saturated heterocycles. The van der Waals surface area contributed by atoms with Crippen molar-refractivity contribution >= 4 is 23.7 Å². The van der Waals surface area contributed by atoms with Crippen molar-refractivity contribution < 1.29 is 53.1 Å². The lowest BCUT2D eigenvalue weighted by Gasteiger charge is -2.35. The summed E-state index contributed by atoms with van der Waals surface area (Å²) in [6, 6.07) is 0.0785. The average Bonchev–Trinajstić information content (AvgIpc) is 3.38. The van der Waals surface area contributed by atoms with Crippen LogP contribution in [0, 0.1) is 0 Å². The van der Waals surface area contributed by atoms with E-state index in [9.17, 15) is 39.0 Å². The third-order valence-corrected chi connectivity index (χ3v) is 9.79. The summed E-state index contributed by atoms with van der Waals surface area (Å²) in [6.07, 6.45) is 0.199. The van der Waals surface area contributed by atoms with Crippen molar-refractivity contribution in [1.29, 1.82) is 0 Å². The molecule has 0 unspecified atom stereocenters. The number of H-pyrrole nitrogens is 1. The number of hydrogen-bond donors (Lipinski definition) is 6.